The summed E-state index contributed by atoms with van der Waals surface area (Å²) >= 11 is 0. The van der Waals surface area contributed by atoms with Gasteiger partial charge in [-0.3, -0.25) is 13.9 Å². The Kier molecular flexibility index (Phi) is 10.6. The van der Waals surface area contributed by atoms with Crippen LogP contribution in [-0.2, 0) is 32.6 Å². The number of sulfonamides is 1. The molecule has 0 aromatic heterocycles. The van der Waals surface area contributed by atoms with E-state index in [0.29, 0.717) is 17.9 Å². The molecule has 0 unspecified atom stereocenters. The van der Waals surface area contributed by atoms with Crippen LogP contribution in [0.25, 0.3) is 0 Å². The maximum atomic E-state index is 13.9. The molecule has 2 aromatic rings. The number of nitrogens with one attached hydrogen (secondary N) is 1. The summed E-state index contributed by atoms with van der Waals surface area (Å²) in [6.45, 7) is 3.64. The van der Waals surface area contributed by atoms with Crippen LogP contribution in [0.2, 0.25) is 0 Å². The number of hydrogen-bond donors (Lipinski definition) is 1. The maximum Gasteiger partial charge on any atom is 0.244 e. The molecule has 1 aliphatic rings. The summed E-state index contributed by atoms with van der Waals surface area (Å²) in [6.07, 6.45) is 7.50. The second-order valence-corrected chi connectivity index (χ2v) is 11.8. The average Bonchev–Trinajstić information content (AvgIpc) is 2.91. The number of nitrogens with zero attached hydrogens (tertiary/aromatic N) is 2. The molecule has 0 bridgehead atoms. The lowest BCUT2D eigenvalue weighted by Gasteiger charge is -2.34. The molecular weight excluding hydrogens is 502 g/mol. The smallest absolute Gasteiger partial charge is 0.244 e. The predicted molar refractivity (Wildman–Crippen MR) is 151 cm³/mol. The highest BCUT2D eigenvalue weighted by Crippen LogP contribution is 2.23. The van der Waals surface area contributed by atoms with Crippen LogP contribution in [0.15, 0.2) is 48.5 Å². The van der Waals surface area contributed by atoms with Crippen molar-refractivity contribution in [3.63, 3.8) is 0 Å². The molecular formula is C29H41N3O5S. The second-order valence-electron chi connectivity index (χ2n) is 9.93. The van der Waals surface area contributed by atoms with Crippen molar-refractivity contribution < 1.29 is 22.7 Å². The van der Waals surface area contributed by atoms with Gasteiger partial charge in [0.2, 0.25) is 21.8 Å². The van der Waals surface area contributed by atoms with Gasteiger partial charge in [-0.2, -0.15) is 0 Å². The molecule has 8 nitrogen and oxygen atoms in total. The fourth-order valence-corrected chi connectivity index (χ4v) is 5.79. The molecule has 1 saturated carbocycles. The standard InChI is InChI=1S/C29H41N3O5S/c1-5-22-15-17-25(18-16-22)32(38(4,35)36)21-28(33)31(20-23-11-10-14-26(19-23)37-3)27(6-2)29(34)30-24-12-8-7-9-13-24/h10-11,14-19,24,27H,5-9,12-13,20-21H2,1-4H3,(H,30,34)/t27-/m1/s1. The van der Waals surface area contributed by atoms with Gasteiger partial charge >= 0.3 is 0 Å². The van der Waals surface area contributed by atoms with Crippen molar-refractivity contribution in [3.8, 4) is 5.75 Å². The van der Waals surface area contributed by atoms with Crippen LogP contribution in [0.4, 0.5) is 5.69 Å². The van der Waals surface area contributed by atoms with Crippen LogP contribution in [0.1, 0.15) is 63.5 Å². The topological polar surface area (TPSA) is 96.0 Å². The van der Waals surface area contributed by atoms with Gasteiger partial charge in [0, 0.05) is 12.6 Å². The van der Waals surface area contributed by atoms with Crippen LogP contribution < -0.4 is 14.4 Å². The summed E-state index contributed by atoms with van der Waals surface area (Å²) in [4.78, 5) is 28.8. The van der Waals surface area contributed by atoms with Crippen LogP contribution in [0.5, 0.6) is 5.75 Å². The van der Waals surface area contributed by atoms with Crippen molar-refractivity contribution in [3.05, 3.63) is 59.7 Å². The molecule has 9 heteroatoms. The van der Waals surface area contributed by atoms with E-state index in [1.807, 2.05) is 50.2 Å². The summed E-state index contributed by atoms with van der Waals surface area (Å²) in [6, 6.07) is 13.8. The summed E-state index contributed by atoms with van der Waals surface area (Å²) < 4.78 is 32.0. The zero-order valence-electron chi connectivity index (χ0n) is 23.0. The number of anilines is 1. The number of rotatable bonds is 12. The highest BCUT2D eigenvalue weighted by molar-refractivity contribution is 7.92. The molecule has 0 spiro atoms. The molecule has 3 rings (SSSR count). The van der Waals surface area contributed by atoms with Gasteiger partial charge in [0.25, 0.3) is 0 Å². The Balaban J connectivity index is 1.92. The molecule has 1 atom stereocenters. The molecule has 0 radical (unpaired) electrons. The molecule has 1 aliphatic carbocycles. The lowest BCUT2D eigenvalue weighted by atomic mass is 9.95. The molecule has 2 amide bonds. The average molecular weight is 544 g/mol. The molecule has 0 heterocycles. The third kappa shape index (κ3) is 7.96. The van der Waals surface area contributed by atoms with Gasteiger partial charge in [0.1, 0.15) is 18.3 Å². The van der Waals surface area contributed by atoms with E-state index in [4.69, 9.17) is 4.74 Å². The fourth-order valence-electron chi connectivity index (χ4n) is 4.94. The number of amides is 2. The van der Waals surface area contributed by atoms with Gasteiger partial charge in [-0.25, -0.2) is 8.42 Å². The van der Waals surface area contributed by atoms with Crippen molar-refractivity contribution in [2.45, 2.75) is 77.4 Å². The Bertz CT molecular complexity index is 1180. The Morgan fingerprint density at radius 3 is 2.29 bits per heavy atom. The van der Waals surface area contributed by atoms with Crippen molar-refractivity contribution in [1.29, 1.82) is 0 Å². The highest BCUT2D eigenvalue weighted by atomic mass is 32.2. The largest absolute Gasteiger partial charge is 0.497 e. The first-order chi connectivity index (χ1) is 18.2. The number of carbonyl (C=O) groups excluding carboxylic acids is 2. The quantitative estimate of drug-likeness (QED) is 0.431. The first-order valence-electron chi connectivity index (χ1n) is 13.5. The summed E-state index contributed by atoms with van der Waals surface area (Å²) in [5.74, 6) is 0.000638. The van der Waals surface area contributed by atoms with E-state index < -0.39 is 28.5 Å². The van der Waals surface area contributed by atoms with Crippen LogP contribution in [0.3, 0.4) is 0 Å². The minimum absolute atomic E-state index is 0.101. The SMILES string of the molecule is CCc1ccc(N(CC(=O)N(Cc2cccc(OC)c2)[C@H](CC)C(=O)NC2CCCCC2)S(C)(=O)=O)cc1. The molecule has 38 heavy (non-hydrogen) atoms. The van der Waals surface area contributed by atoms with Gasteiger partial charge in [-0.1, -0.05) is 57.4 Å². The number of benzene rings is 2. The normalized spacial score (nSPS) is 14.9. The first-order valence-corrected chi connectivity index (χ1v) is 15.3. The minimum Gasteiger partial charge on any atom is -0.497 e. The van der Waals surface area contributed by atoms with E-state index >= 15 is 0 Å². The fraction of sp³-hybridized carbons (Fsp3) is 0.517. The number of ether oxygens (including phenoxy) is 1. The van der Waals surface area contributed by atoms with Gasteiger partial charge in [-0.05, 0) is 61.1 Å². The monoisotopic (exact) mass is 543 g/mol. The molecule has 0 saturated heterocycles. The number of aryl methyl sites for hydroxylation is 1. The van der Waals surface area contributed by atoms with E-state index in [9.17, 15) is 18.0 Å². The summed E-state index contributed by atoms with van der Waals surface area (Å²) in [7, 11) is -2.19. The zero-order chi connectivity index (χ0) is 27.7. The molecule has 0 aliphatic heterocycles. The number of hydrogen-bond acceptors (Lipinski definition) is 5. The van der Waals surface area contributed by atoms with Crippen LogP contribution in [0, 0.1) is 0 Å². The Labute approximate surface area is 227 Å². The predicted octanol–water partition coefficient (Wildman–Crippen LogP) is 4.28. The molecule has 208 valence electrons. The number of methoxy groups -OCH3 is 1. The van der Waals surface area contributed by atoms with E-state index in [2.05, 4.69) is 5.32 Å². The van der Waals surface area contributed by atoms with Crippen LogP contribution >= 0.6 is 0 Å². The first kappa shape index (κ1) is 29.5. The van der Waals surface area contributed by atoms with Gasteiger partial charge < -0.3 is 15.0 Å². The summed E-state index contributed by atoms with van der Waals surface area (Å²) in [5.41, 5.74) is 2.28. The Morgan fingerprint density at radius 1 is 1.03 bits per heavy atom. The van der Waals surface area contributed by atoms with E-state index in [0.717, 1.165) is 53.8 Å². The zero-order valence-corrected chi connectivity index (χ0v) is 23.8. The van der Waals surface area contributed by atoms with E-state index in [1.165, 1.54) is 11.3 Å². The van der Waals surface area contributed by atoms with Crippen molar-refractivity contribution in [2.75, 3.05) is 24.2 Å². The molecule has 2 aromatic carbocycles. The van der Waals surface area contributed by atoms with Crippen molar-refractivity contribution in [1.82, 2.24) is 10.2 Å². The third-order valence-electron chi connectivity index (χ3n) is 7.14. The van der Waals surface area contributed by atoms with E-state index in [-0.39, 0.29) is 18.5 Å². The van der Waals surface area contributed by atoms with Gasteiger partial charge in [0.15, 0.2) is 0 Å². The van der Waals surface area contributed by atoms with Crippen LogP contribution in [-0.4, -0.2) is 57.1 Å². The third-order valence-corrected chi connectivity index (χ3v) is 8.28. The van der Waals surface area contributed by atoms with Gasteiger partial charge in [0.05, 0.1) is 19.1 Å². The molecule has 1 fully saturated rings. The lowest BCUT2D eigenvalue weighted by Crippen LogP contribution is -2.53. The van der Waals surface area contributed by atoms with Crippen molar-refractivity contribution in [2.24, 2.45) is 0 Å². The Hall–Kier alpha value is -3.07. The molecule has 1 N–H and O–H groups in total. The Morgan fingerprint density at radius 2 is 1.71 bits per heavy atom. The highest BCUT2D eigenvalue weighted by Gasteiger charge is 2.32. The maximum absolute atomic E-state index is 13.9. The van der Waals surface area contributed by atoms with Crippen molar-refractivity contribution >= 4 is 27.5 Å². The number of carbonyl (C=O) groups is 2. The summed E-state index contributed by atoms with van der Waals surface area (Å²) in [5, 5.41) is 3.15. The second kappa shape index (κ2) is 13.6. The van der Waals surface area contributed by atoms with E-state index in [1.54, 1.807) is 19.2 Å². The van der Waals surface area contributed by atoms with Gasteiger partial charge in [-0.15, -0.1) is 0 Å². The lowest BCUT2D eigenvalue weighted by molar-refractivity contribution is -0.140. The minimum atomic E-state index is -3.76.